The zero-order valence-electron chi connectivity index (χ0n) is 27.5. The van der Waals surface area contributed by atoms with E-state index in [1.54, 1.807) is 45.9 Å². The van der Waals surface area contributed by atoms with E-state index in [9.17, 15) is 37.2 Å². The van der Waals surface area contributed by atoms with Crippen LogP contribution in [-0.2, 0) is 19.1 Å². The van der Waals surface area contributed by atoms with E-state index in [4.69, 9.17) is 4.74 Å². The zero-order chi connectivity index (χ0) is 36.5. The molecule has 2 fully saturated rings. The van der Waals surface area contributed by atoms with Gasteiger partial charge in [-0.05, 0) is 57.0 Å². The number of hydrogen-bond acceptors (Lipinski definition) is 8. The van der Waals surface area contributed by atoms with Crippen LogP contribution < -0.4 is 15.1 Å². The fourth-order valence-corrected chi connectivity index (χ4v) is 5.78. The molecule has 2 atom stereocenters. The molecule has 1 aromatic heterocycles. The lowest BCUT2D eigenvalue weighted by molar-refractivity contribution is -0.133. The summed E-state index contributed by atoms with van der Waals surface area (Å²) in [6.45, 7) is 5.23. The number of carbonyl (C=O) groups is 4. The van der Waals surface area contributed by atoms with Gasteiger partial charge in [0.05, 0.1) is 12.2 Å². The molecular formula is C34H33F4N7O5. The molecule has 12 nitrogen and oxygen atoms in total. The van der Waals surface area contributed by atoms with Crippen molar-refractivity contribution >= 4 is 35.5 Å². The molecule has 1 saturated carbocycles. The first-order valence-corrected chi connectivity index (χ1v) is 15.5. The van der Waals surface area contributed by atoms with Crippen LogP contribution in [-0.4, -0.2) is 75.4 Å². The van der Waals surface area contributed by atoms with Crippen LogP contribution in [0, 0.1) is 29.9 Å². The van der Waals surface area contributed by atoms with Crippen molar-refractivity contribution in [2.24, 2.45) is 0 Å². The van der Waals surface area contributed by atoms with Crippen LogP contribution >= 0.6 is 0 Å². The Morgan fingerprint density at radius 1 is 1.10 bits per heavy atom. The van der Waals surface area contributed by atoms with Gasteiger partial charge >= 0.3 is 6.09 Å². The smallest absolute Gasteiger partial charge is 0.410 e. The van der Waals surface area contributed by atoms with E-state index in [1.807, 2.05) is 6.07 Å². The van der Waals surface area contributed by atoms with E-state index in [-0.39, 0.29) is 11.3 Å². The highest BCUT2D eigenvalue weighted by Gasteiger charge is 2.49. The van der Waals surface area contributed by atoms with Gasteiger partial charge < -0.3 is 10.1 Å². The molecule has 2 heterocycles. The summed E-state index contributed by atoms with van der Waals surface area (Å²) in [7, 11) is 0. The van der Waals surface area contributed by atoms with Crippen molar-refractivity contribution in [3.8, 4) is 6.07 Å². The van der Waals surface area contributed by atoms with Crippen molar-refractivity contribution in [2.45, 2.75) is 70.2 Å². The number of alkyl halides is 2. The van der Waals surface area contributed by atoms with Crippen molar-refractivity contribution < 1.29 is 41.5 Å². The molecule has 0 bridgehead atoms. The lowest BCUT2D eigenvalue weighted by atomic mass is 9.87. The van der Waals surface area contributed by atoms with Gasteiger partial charge in [0, 0.05) is 31.1 Å². The maximum absolute atomic E-state index is 15.0. The first-order chi connectivity index (χ1) is 23.5. The van der Waals surface area contributed by atoms with Crippen molar-refractivity contribution in [1.29, 1.82) is 5.26 Å². The largest absolute Gasteiger partial charge is 0.444 e. The van der Waals surface area contributed by atoms with Crippen LogP contribution in [0.1, 0.15) is 56.5 Å². The minimum atomic E-state index is -3.01. The van der Waals surface area contributed by atoms with E-state index in [2.05, 4.69) is 15.3 Å². The summed E-state index contributed by atoms with van der Waals surface area (Å²) in [6, 6.07) is 7.07. The molecule has 50 heavy (non-hydrogen) atoms. The van der Waals surface area contributed by atoms with Crippen LogP contribution in [0.2, 0.25) is 0 Å². The SMILES string of the molecule is Cc1ccccc1C(C(=O)NC1CC(F)(F)C1)N(C(=O)[C@@H]1CN(C(=O)OC(C)(C)C)CC(=O)N1c1nccc(C#N)n1)c1cc(F)cc(F)c1. The number of hydrogen-bond donors (Lipinski definition) is 1. The van der Waals surface area contributed by atoms with Gasteiger partial charge in [-0.3, -0.25) is 29.1 Å². The molecule has 3 aromatic rings. The minimum Gasteiger partial charge on any atom is -0.444 e. The predicted molar refractivity (Wildman–Crippen MR) is 170 cm³/mol. The Bertz CT molecular complexity index is 1850. The molecule has 16 heteroatoms. The summed E-state index contributed by atoms with van der Waals surface area (Å²) in [5, 5.41) is 12.0. The standard InChI is InChI=1S/C34H33F4N7O5/c1-19-7-5-6-8-25(19)28(29(47)41-23-14-34(37,38)15-23)44(24-12-20(35)11-21(36)13-24)30(48)26-17-43(32(49)50-33(2,3)4)18-27(46)45(26)31-40-10-9-22(16-39)42-31/h5-13,23,26,28H,14-15,17-18H2,1-4H3,(H,41,47)/t26-,28?/m0/s1. The molecule has 1 N–H and O–H groups in total. The Morgan fingerprint density at radius 2 is 1.76 bits per heavy atom. The highest BCUT2D eigenvalue weighted by atomic mass is 19.3. The summed E-state index contributed by atoms with van der Waals surface area (Å²) < 4.78 is 62.8. The molecule has 1 unspecified atom stereocenters. The van der Waals surface area contributed by atoms with Gasteiger partial charge in [-0.1, -0.05) is 24.3 Å². The molecule has 262 valence electrons. The van der Waals surface area contributed by atoms with Gasteiger partial charge in [0.15, 0.2) is 0 Å². The molecule has 1 aliphatic heterocycles. The van der Waals surface area contributed by atoms with E-state index in [1.165, 1.54) is 18.3 Å². The number of ether oxygens (including phenoxy) is 1. The van der Waals surface area contributed by atoms with E-state index >= 15 is 4.79 Å². The maximum atomic E-state index is 15.0. The van der Waals surface area contributed by atoms with E-state index in [0.717, 1.165) is 26.8 Å². The summed E-state index contributed by atoms with van der Waals surface area (Å²) in [4.78, 5) is 66.9. The number of rotatable bonds is 7. The van der Waals surface area contributed by atoms with E-state index in [0.29, 0.717) is 11.6 Å². The van der Waals surface area contributed by atoms with Crippen LogP contribution in [0.5, 0.6) is 0 Å². The molecular weight excluding hydrogens is 662 g/mol. The Morgan fingerprint density at radius 3 is 2.36 bits per heavy atom. The quantitative estimate of drug-likeness (QED) is 0.354. The number of halogens is 4. The van der Waals surface area contributed by atoms with Gasteiger partial charge in [0.1, 0.15) is 47.6 Å². The van der Waals surface area contributed by atoms with Crippen LogP contribution in [0.3, 0.4) is 0 Å². The Hall–Kier alpha value is -5.59. The average Bonchev–Trinajstić information content (AvgIpc) is 3.01. The third-order valence-corrected chi connectivity index (χ3v) is 8.00. The fourth-order valence-electron chi connectivity index (χ4n) is 5.78. The van der Waals surface area contributed by atoms with Crippen LogP contribution in [0.25, 0.3) is 0 Å². The van der Waals surface area contributed by atoms with E-state index < -0.39 is 103 Å². The Labute approximate surface area is 284 Å². The van der Waals surface area contributed by atoms with Crippen molar-refractivity contribution in [2.75, 3.05) is 22.9 Å². The second kappa shape index (κ2) is 13.7. The number of benzene rings is 2. The molecule has 2 aromatic carbocycles. The number of aryl methyl sites for hydroxylation is 1. The molecule has 5 rings (SSSR count). The number of carbonyl (C=O) groups excluding carboxylic acids is 4. The second-order valence-electron chi connectivity index (χ2n) is 13.1. The lowest BCUT2D eigenvalue weighted by Crippen LogP contribution is -2.65. The first kappa shape index (κ1) is 35.7. The van der Waals surface area contributed by atoms with Gasteiger partial charge in [-0.2, -0.15) is 5.26 Å². The molecule has 2 aliphatic rings. The van der Waals surface area contributed by atoms with Gasteiger partial charge in [0.2, 0.25) is 17.8 Å². The van der Waals surface area contributed by atoms with Crippen LogP contribution in [0.4, 0.5) is 34.0 Å². The number of nitrogens with one attached hydrogen (secondary N) is 1. The second-order valence-corrected chi connectivity index (χ2v) is 13.1. The summed E-state index contributed by atoms with van der Waals surface area (Å²) in [6.07, 6.45) is -1.11. The average molecular weight is 696 g/mol. The van der Waals surface area contributed by atoms with Crippen LogP contribution in [0.15, 0.2) is 54.7 Å². The summed E-state index contributed by atoms with van der Waals surface area (Å²) >= 11 is 0. The maximum Gasteiger partial charge on any atom is 0.410 e. The van der Waals surface area contributed by atoms with Crippen molar-refractivity contribution in [3.05, 3.63) is 83.2 Å². The molecule has 0 radical (unpaired) electrons. The Kier molecular flexibility index (Phi) is 9.81. The third kappa shape index (κ3) is 7.82. The number of amides is 4. The molecule has 0 spiro atoms. The topological polar surface area (TPSA) is 149 Å². The fraction of sp³-hybridized carbons (Fsp3) is 0.382. The number of aromatic nitrogens is 2. The van der Waals surface area contributed by atoms with Gasteiger partial charge in [-0.15, -0.1) is 0 Å². The van der Waals surface area contributed by atoms with Crippen molar-refractivity contribution in [3.63, 3.8) is 0 Å². The zero-order valence-corrected chi connectivity index (χ0v) is 27.5. The molecule has 4 amide bonds. The normalized spacial score (nSPS) is 18.1. The lowest BCUT2D eigenvalue weighted by Gasteiger charge is -2.43. The summed E-state index contributed by atoms with van der Waals surface area (Å²) in [5.74, 6) is -8.58. The third-order valence-electron chi connectivity index (χ3n) is 8.00. The number of anilines is 2. The first-order valence-electron chi connectivity index (χ1n) is 15.5. The predicted octanol–water partition coefficient (Wildman–Crippen LogP) is 4.58. The molecule has 1 aliphatic carbocycles. The summed E-state index contributed by atoms with van der Waals surface area (Å²) in [5.41, 5.74) is -0.989. The highest BCUT2D eigenvalue weighted by molar-refractivity contribution is 6.10. The number of piperazine rings is 1. The number of nitrogens with zero attached hydrogens (tertiary/aromatic N) is 6. The number of nitriles is 1. The van der Waals surface area contributed by atoms with Crippen molar-refractivity contribution in [1.82, 2.24) is 20.2 Å². The highest BCUT2D eigenvalue weighted by Crippen LogP contribution is 2.39. The molecule has 1 saturated heterocycles. The monoisotopic (exact) mass is 695 g/mol. The van der Waals surface area contributed by atoms with Gasteiger partial charge in [0.25, 0.3) is 11.8 Å². The van der Waals surface area contributed by atoms with Gasteiger partial charge in [-0.25, -0.2) is 32.3 Å². The Balaban J connectivity index is 1.69. The minimum absolute atomic E-state index is 0.165.